The molecule has 0 aliphatic rings. The highest BCUT2D eigenvalue weighted by atomic mass is 16.6. The number of nitrogens with one attached hydrogen (secondary N) is 1. The summed E-state index contributed by atoms with van der Waals surface area (Å²) in [6.45, 7) is 2.92. The monoisotopic (exact) mass is 205 g/mol. The van der Waals surface area contributed by atoms with Crippen molar-refractivity contribution in [2.75, 3.05) is 13.2 Å². The van der Waals surface area contributed by atoms with Crippen molar-refractivity contribution in [1.82, 2.24) is 5.32 Å². The molecule has 0 aromatic carbocycles. The summed E-state index contributed by atoms with van der Waals surface area (Å²) in [6.07, 6.45) is -0.833. The molecule has 3 N–H and O–H groups in total. The van der Waals surface area contributed by atoms with Crippen LogP contribution in [0.4, 0.5) is 4.79 Å². The van der Waals surface area contributed by atoms with Gasteiger partial charge in [0.1, 0.15) is 12.6 Å². The molecule has 1 amide bonds. The Labute approximate surface area is 81.9 Å². The molecule has 1 atom stereocenters. The van der Waals surface area contributed by atoms with Gasteiger partial charge in [-0.3, -0.25) is 0 Å². The zero-order valence-corrected chi connectivity index (χ0v) is 8.19. The van der Waals surface area contributed by atoms with E-state index >= 15 is 0 Å². The van der Waals surface area contributed by atoms with Crippen molar-refractivity contribution in [3.63, 3.8) is 0 Å². The molecule has 0 heterocycles. The lowest BCUT2D eigenvalue weighted by Crippen LogP contribution is -2.44. The molecule has 0 radical (unpaired) electrons. The second kappa shape index (κ2) is 6.20. The topological polar surface area (TPSA) is 95.9 Å². The van der Waals surface area contributed by atoms with Crippen LogP contribution in [-0.4, -0.2) is 41.5 Å². The zero-order valence-electron chi connectivity index (χ0n) is 8.19. The Morgan fingerprint density at radius 2 is 2.00 bits per heavy atom. The predicted molar refractivity (Wildman–Crippen MR) is 47.8 cm³/mol. The minimum absolute atomic E-state index is 0.143. The second-order valence-corrected chi connectivity index (χ2v) is 3.06. The highest BCUT2D eigenvalue weighted by molar-refractivity contribution is 5.80. The number of hydrogen-bond donors (Lipinski definition) is 3. The van der Waals surface area contributed by atoms with E-state index in [-0.39, 0.29) is 19.1 Å². The standard InChI is InChI=1S/C8H15NO5/c1-5(2)6(7(11)12)9-8(13)14-4-3-10/h5-6,10H,3-4H2,1-2H3,(H,9,13)(H,11,12). The molecule has 14 heavy (non-hydrogen) atoms. The maximum Gasteiger partial charge on any atom is 0.407 e. The lowest BCUT2D eigenvalue weighted by molar-refractivity contribution is -0.140. The zero-order chi connectivity index (χ0) is 11.1. The smallest absolute Gasteiger partial charge is 0.407 e. The first-order valence-electron chi connectivity index (χ1n) is 4.26. The van der Waals surface area contributed by atoms with Crippen LogP contribution in [0.1, 0.15) is 13.8 Å². The number of carbonyl (C=O) groups excluding carboxylic acids is 1. The van der Waals surface area contributed by atoms with E-state index in [4.69, 9.17) is 10.2 Å². The molecule has 0 rings (SSSR count). The SMILES string of the molecule is CC(C)C(NC(=O)OCCO)C(=O)O. The average Bonchev–Trinajstić information content (AvgIpc) is 2.09. The molecule has 0 bridgehead atoms. The fraction of sp³-hybridized carbons (Fsp3) is 0.750. The van der Waals surface area contributed by atoms with Gasteiger partial charge in [0.2, 0.25) is 0 Å². The maximum atomic E-state index is 10.9. The van der Waals surface area contributed by atoms with Crippen molar-refractivity contribution in [1.29, 1.82) is 0 Å². The van der Waals surface area contributed by atoms with Gasteiger partial charge in [0.05, 0.1) is 6.61 Å². The number of aliphatic hydroxyl groups is 1. The van der Waals surface area contributed by atoms with E-state index in [1.54, 1.807) is 13.8 Å². The van der Waals surface area contributed by atoms with Crippen LogP contribution < -0.4 is 5.32 Å². The summed E-state index contributed by atoms with van der Waals surface area (Å²) in [6, 6.07) is -0.971. The number of carboxylic acids is 1. The van der Waals surface area contributed by atoms with Crippen molar-refractivity contribution in [3.8, 4) is 0 Å². The highest BCUT2D eigenvalue weighted by Gasteiger charge is 2.23. The summed E-state index contributed by atoms with van der Waals surface area (Å²) in [5.74, 6) is -1.34. The van der Waals surface area contributed by atoms with Crippen LogP contribution in [0.3, 0.4) is 0 Å². The van der Waals surface area contributed by atoms with E-state index in [0.29, 0.717) is 0 Å². The Morgan fingerprint density at radius 3 is 2.36 bits per heavy atom. The number of aliphatic carboxylic acids is 1. The summed E-state index contributed by atoms with van der Waals surface area (Å²) < 4.78 is 4.46. The molecule has 0 aromatic heterocycles. The van der Waals surface area contributed by atoms with Crippen molar-refractivity contribution >= 4 is 12.1 Å². The van der Waals surface area contributed by atoms with E-state index in [1.165, 1.54) is 0 Å². The van der Waals surface area contributed by atoms with Crippen LogP contribution >= 0.6 is 0 Å². The van der Waals surface area contributed by atoms with Gasteiger partial charge in [0, 0.05) is 0 Å². The van der Waals surface area contributed by atoms with Crippen molar-refractivity contribution in [3.05, 3.63) is 0 Å². The minimum atomic E-state index is -1.11. The summed E-state index contributed by atoms with van der Waals surface area (Å²) in [5, 5.41) is 19.2. The van der Waals surface area contributed by atoms with E-state index in [0.717, 1.165) is 0 Å². The van der Waals surface area contributed by atoms with Gasteiger partial charge >= 0.3 is 12.1 Å². The van der Waals surface area contributed by atoms with Gasteiger partial charge in [-0.2, -0.15) is 0 Å². The second-order valence-electron chi connectivity index (χ2n) is 3.06. The summed E-state index contributed by atoms with van der Waals surface area (Å²) in [5.41, 5.74) is 0. The number of carboxylic acid groups (broad SMARTS) is 1. The molecular weight excluding hydrogens is 190 g/mol. The number of hydrogen-bond acceptors (Lipinski definition) is 4. The van der Waals surface area contributed by atoms with Crippen LogP contribution in [0.15, 0.2) is 0 Å². The Hall–Kier alpha value is -1.30. The molecule has 0 saturated heterocycles. The summed E-state index contributed by atoms with van der Waals surface area (Å²) >= 11 is 0. The molecule has 0 aliphatic heterocycles. The van der Waals surface area contributed by atoms with Gasteiger partial charge in [0.15, 0.2) is 0 Å². The molecule has 1 unspecified atom stereocenters. The molecule has 6 nitrogen and oxygen atoms in total. The van der Waals surface area contributed by atoms with Crippen LogP contribution in [-0.2, 0) is 9.53 Å². The van der Waals surface area contributed by atoms with Gasteiger partial charge in [-0.05, 0) is 5.92 Å². The molecule has 0 spiro atoms. The Morgan fingerprint density at radius 1 is 1.43 bits per heavy atom. The van der Waals surface area contributed by atoms with E-state index in [1.807, 2.05) is 0 Å². The number of aliphatic hydroxyl groups excluding tert-OH is 1. The largest absolute Gasteiger partial charge is 0.480 e. The van der Waals surface area contributed by atoms with E-state index in [9.17, 15) is 9.59 Å². The van der Waals surface area contributed by atoms with Crippen LogP contribution in [0, 0.1) is 5.92 Å². The first kappa shape index (κ1) is 12.7. The molecular formula is C8H15NO5. The fourth-order valence-corrected chi connectivity index (χ4v) is 0.821. The van der Waals surface area contributed by atoms with Gasteiger partial charge in [0.25, 0.3) is 0 Å². The molecule has 0 aromatic rings. The predicted octanol–water partition coefficient (Wildman–Crippen LogP) is -0.186. The number of amides is 1. The molecule has 0 saturated carbocycles. The summed E-state index contributed by atoms with van der Waals surface area (Å²) in [7, 11) is 0. The van der Waals surface area contributed by atoms with Crippen molar-refractivity contribution in [2.24, 2.45) is 5.92 Å². The maximum absolute atomic E-state index is 10.9. The quantitative estimate of drug-likeness (QED) is 0.578. The van der Waals surface area contributed by atoms with Gasteiger partial charge in [-0.1, -0.05) is 13.8 Å². The lowest BCUT2D eigenvalue weighted by Gasteiger charge is -2.17. The van der Waals surface area contributed by atoms with Gasteiger partial charge < -0.3 is 20.3 Å². The van der Waals surface area contributed by atoms with Crippen LogP contribution in [0.25, 0.3) is 0 Å². The number of rotatable bonds is 5. The normalized spacial score (nSPS) is 12.3. The third-order valence-corrected chi connectivity index (χ3v) is 1.53. The van der Waals surface area contributed by atoms with Crippen molar-refractivity contribution < 1.29 is 24.5 Å². The molecule has 82 valence electrons. The Kier molecular flexibility index (Phi) is 5.62. The van der Waals surface area contributed by atoms with Gasteiger partial charge in [-0.15, -0.1) is 0 Å². The average molecular weight is 205 g/mol. The molecule has 6 heteroatoms. The highest BCUT2D eigenvalue weighted by Crippen LogP contribution is 2.01. The summed E-state index contributed by atoms with van der Waals surface area (Å²) in [4.78, 5) is 21.5. The van der Waals surface area contributed by atoms with E-state index < -0.39 is 18.1 Å². The third kappa shape index (κ3) is 4.66. The first-order valence-corrected chi connectivity index (χ1v) is 4.26. The first-order chi connectivity index (χ1) is 6.49. The number of ether oxygens (including phenoxy) is 1. The van der Waals surface area contributed by atoms with E-state index in [2.05, 4.69) is 10.1 Å². The number of carbonyl (C=O) groups is 2. The van der Waals surface area contributed by atoms with Crippen molar-refractivity contribution in [2.45, 2.75) is 19.9 Å². The van der Waals surface area contributed by atoms with Crippen LogP contribution in [0.5, 0.6) is 0 Å². The minimum Gasteiger partial charge on any atom is -0.480 e. The van der Waals surface area contributed by atoms with Crippen LogP contribution in [0.2, 0.25) is 0 Å². The molecule has 0 aliphatic carbocycles. The number of alkyl carbamates (subject to hydrolysis) is 1. The Balaban J connectivity index is 4.04. The molecule has 0 fully saturated rings. The van der Waals surface area contributed by atoms with Gasteiger partial charge in [-0.25, -0.2) is 9.59 Å². The lowest BCUT2D eigenvalue weighted by atomic mass is 10.1. The Bertz CT molecular complexity index is 204. The fourth-order valence-electron chi connectivity index (χ4n) is 0.821. The third-order valence-electron chi connectivity index (χ3n) is 1.53.